The Morgan fingerprint density at radius 2 is 2.27 bits per heavy atom. The van der Waals surface area contributed by atoms with Crippen molar-refractivity contribution in [3.8, 4) is 0 Å². The molecule has 2 rings (SSSR count). The molecule has 1 aromatic heterocycles. The molecule has 1 saturated heterocycles. The molecule has 0 N–H and O–H groups in total. The van der Waals surface area contributed by atoms with Crippen molar-refractivity contribution in [2.24, 2.45) is 0 Å². The number of piperidine rings is 1. The van der Waals surface area contributed by atoms with Gasteiger partial charge in [-0.15, -0.1) is 0 Å². The van der Waals surface area contributed by atoms with Crippen LogP contribution in [0.3, 0.4) is 0 Å². The molecular weight excluding hydrogens is 254 g/mol. The third-order valence-corrected chi connectivity index (χ3v) is 3.92. The lowest BCUT2D eigenvalue weighted by Crippen LogP contribution is -2.47. The molecule has 1 aliphatic heterocycles. The van der Waals surface area contributed by atoms with Gasteiger partial charge in [-0.25, -0.2) is 0 Å². The zero-order chi connectivity index (χ0) is 11.1. The lowest BCUT2D eigenvalue weighted by Gasteiger charge is -2.43. The summed E-state index contributed by atoms with van der Waals surface area (Å²) in [6.45, 7) is 5.75. The number of nitrogens with zero attached hydrogens (tertiary/aromatic N) is 3. The van der Waals surface area contributed by atoms with Crippen molar-refractivity contribution in [1.29, 1.82) is 0 Å². The zero-order valence-corrected chi connectivity index (χ0v) is 11.2. The molecule has 3 nitrogen and oxygen atoms in total. The fraction of sp³-hybridized carbons (Fsp3) is 0.727. The maximum absolute atomic E-state index is 4.38. The maximum atomic E-state index is 4.38. The molecule has 0 bridgehead atoms. The summed E-state index contributed by atoms with van der Waals surface area (Å²) in [7, 11) is 2.20. The molecule has 0 aliphatic carbocycles. The second-order valence-corrected chi connectivity index (χ2v) is 5.93. The van der Waals surface area contributed by atoms with Gasteiger partial charge in [-0.2, -0.15) is 5.10 Å². The third kappa shape index (κ3) is 2.26. The second kappa shape index (κ2) is 3.91. The van der Waals surface area contributed by atoms with E-state index in [1.54, 1.807) is 0 Å². The zero-order valence-electron chi connectivity index (χ0n) is 9.57. The Hall–Kier alpha value is -0.350. The lowest BCUT2D eigenvalue weighted by atomic mass is 9.88. The molecule has 1 unspecified atom stereocenters. The molecule has 0 radical (unpaired) electrons. The standard InChI is InChI=1S/C11H18BrN3/c1-11(2)6-10(4-5-14(11)3)15-8-9(12)7-13-15/h7-8,10H,4-6H2,1-3H3. The Balaban J connectivity index is 2.13. The van der Waals surface area contributed by atoms with Gasteiger partial charge >= 0.3 is 0 Å². The molecule has 4 heteroatoms. The molecule has 1 atom stereocenters. The average molecular weight is 272 g/mol. The van der Waals surface area contributed by atoms with Crippen LogP contribution in [0.15, 0.2) is 16.9 Å². The van der Waals surface area contributed by atoms with E-state index in [2.05, 4.69) is 57.7 Å². The smallest absolute Gasteiger partial charge is 0.0632 e. The van der Waals surface area contributed by atoms with Crippen molar-refractivity contribution >= 4 is 15.9 Å². The van der Waals surface area contributed by atoms with E-state index >= 15 is 0 Å². The van der Waals surface area contributed by atoms with Gasteiger partial charge in [0.2, 0.25) is 0 Å². The van der Waals surface area contributed by atoms with Crippen molar-refractivity contribution in [1.82, 2.24) is 14.7 Å². The topological polar surface area (TPSA) is 21.1 Å². The molecular formula is C11H18BrN3. The van der Waals surface area contributed by atoms with Crippen LogP contribution in [-0.2, 0) is 0 Å². The van der Waals surface area contributed by atoms with Crippen molar-refractivity contribution in [3.63, 3.8) is 0 Å². The molecule has 84 valence electrons. The van der Waals surface area contributed by atoms with E-state index in [0.29, 0.717) is 6.04 Å². The predicted molar refractivity (Wildman–Crippen MR) is 64.9 cm³/mol. The molecule has 1 aromatic rings. The van der Waals surface area contributed by atoms with Gasteiger partial charge in [0.25, 0.3) is 0 Å². The van der Waals surface area contributed by atoms with Crippen LogP contribution in [0.5, 0.6) is 0 Å². The van der Waals surface area contributed by atoms with Crippen LogP contribution in [0.1, 0.15) is 32.7 Å². The highest BCUT2D eigenvalue weighted by Gasteiger charge is 2.33. The number of hydrogen-bond donors (Lipinski definition) is 0. The summed E-state index contributed by atoms with van der Waals surface area (Å²) in [5, 5.41) is 4.38. The molecule has 0 amide bonds. The van der Waals surface area contributed by atoms with E-state index in [0.717, 1.165) is 17.4 Å². The van der Waals surface area contributed by atoms with E-state index < -0.39 is 0 Å². The first-order chi connectivity index (χ1) is 6.99. The minimum Gasteiger partial charge on any atom is -0.301 e. The first-order valence-corrected chi connectivity index (χ1v) is 6.19. The number of hydrogen-bond acceptors (Lipinski definition) is 2. The van der Waals surface area contributed by atoms with E-state index in [1.807, 2.05) is 6.20 Å². The minimum absolute atomic E-state index is 0.279. The van der Waals surface area contributed by atoms with Gasteiger partial charge < -0.3 is 4.90 Å². The molecule has 15 heavy (non-hydrogen) atoms. The highest BCUT2D eigenvalue weighted by molar-refractivity contribution is 9.10. The van der Waals surface area contributed by atoms with Crippen molar-refractivity contribution in [2.45, 2.75) is 38.3 Å². The van der Waals surface area contributed by atoms with E-state index in [-0.39, 0.29) is 5.54 Å². The van der Waals surface area contributed by atoms with Gasteiger partial charge in [-0.05, 0) is 49.7 Å². The first kappa shape index (κ1) is 11.1. The Kier molecular flexibility index (Phi) is 2.90. The van der Waals surface area contributed by atoms with E-state index in [9.17, 15) is 0 Å². The van der Waals surface area contributed by atoms with Gasteiger partial charge in [0.05, 0.1) is 16.7 Å². The summed E-state index contributed by atoms with van der Waals surface area (Å²) in [5.74, 6) is 0. The van der Waals surface area contributed by atoms with Crippen LogP contribution in [0.2, 0.25) is 0 Å². The fourth-order valence-electron chi connectivity index (χ4n) is 2.22. The van der Waals surface area contributed by atoms with Crippen LogP contribution in [0, 0.1) is 0 Å². The molecule has 2 heterocycles. The molecule has 0 spiro atoms. The summed E-state index contributed by atoms with van der Waals surface area (Å²) in [6.07, 6.45) is 6.29. The largest absolute Gasteiger partial charge is 0.301 e. The van der Waals surface area contributed by atoms with Crippen LogP contribution < -0.4 is 0 Å². The monoisotopic (exact) mass is 271 g/mol. The van der Waals surface area contributed by atoms with Crippen LogP contribution in [0.25, 0.3) is 0 Å². The summed E-state index contributed by atoms with van der Waals surface area (Å²) < 4.78 is 3.16. The molecule has 0 aromatic carbocycles. The molecule has 0 saturated carbocycles. The van der Waals surface area contributed by atoms with Gasteiger partial charge in [0.1, 0.15) is 0 Å². The average Bonchev–Trinajstić information content (AvgIpc) is 2.57. The highest BCUT2D eigenvalue weighted by atomic mass is 79.9. The minimum atomic E-state index is 0.279. The number of likely N-dealkylation sites (tertiary alicyclic amines) is 1. The van der Waals surface area contributed by atoms with Crippen LogP contribution >= 0.6 is 15.9 Å². The van der Waals surface area contributed by atoms with Gasteiger partial charge in [0, 0.05) is 18.3 Å². The van der Waals surface area contributed by atoms with Gasteiger partial charge in [0.15, 0.2) is 0 Å². The van der Waals surface area contributed by atoms with Crippen LogP contribution in [-0.4, -0.2) is 33.8 Å². The lowest BCUT2D eigenvalue weighted by molar-refractivity contribution is 0.0718. The summed E-state index contributed by atoms with van der Waals surface area (Å²) in [6, 6.07) is 0.544. The number of aromatic nitrogens is 2. The first-order valence-electron chi connectivity index (χ1n) is 5.40. The second-order valence-electron chi connectivity index (χ2n) is 5.02. The Morgan fingerprint density at radius 1 is 1.53 bits per heavy atom. The maximum Gasteiger partial charge on any atom is 0.0632 e. The third-order valence-electron chi connectivity index (χ3n) is 3.51. The SMILES string of the molecule is CN1CCC(n2cc(Br)cn2)CC1(C)C. The number of rotatable bonds is 1. The fourth-order valence-corrected chi connectivity index (χ4v) is 2.52. The van der Waals surface area contributed by atoms with Crippen molar-refractivity contribution < 1.29 is 0 Å². The quantitative estimate of drug-likeness (QED) is 0.783. The van der Waals surface area contributed by atoms with Crippen molar-refractivity contribution in [2.75, 3.05) is 13.6 Å². The summed E-state index contributed by atoms with van der Waals surface area (Å²) in [4.78, 5) is 2.43. The normalized spacial score (nSPS) is 26.8. The Bertz CT molecular complexity index is 345. The van der Waals surface area contributed by atoms with Gasteiger partial charge in [-0.1, -0.05) is 0 Å². The summed E-state index contributed by atoms with van der Waals surface area (Å²) >= 11 is 3.45. The highest BCUT2D eigenvalue weighted by Crippen LogP contribution is 2.33. The number of halogens is 1. The van der Waals surface area contributed by atoms with Gasteiger partial charge in [-0.3, -0.25) is 4.68 Å². The Morgan fingerprint density at radius 3 is 2.80 bits per heavy atom. The summed E-state index contributed by atoms with van der Waals surface area (Å²) in [5.41, 5.74) is 0.279. The molecule has 1 fully saturated rings. The predicted octanol–water partition coefficient (Wildman–Crippen LogP) is 2.69. The van der Waals surface area contributed by atoms with Crippen LogP contribution in [0.4, 0.5) is 0 Å². The molecule has 1 aliphatic rings. The van der Waals surface area contributed by atoms with E-state index in [1.165, 1.54) is 6.42 Å². The Labute approximate surface area is 99.6 Å². The van der Waals surface area contributed by atoms with E-state index in [4.69, 9.17) is 0 Å². The van der Waals surface area contributed by atoms with Crippen molar-refractivity contribution in [3.05, 3.63) is 16.9 Å².